The monoisotopic (exact) mass is 479 g/mol. The van der Waals surface area contributed by atoms with Gasteiger partial charge in [-0.3, -0.25) is 4.79 Å². The minimum Gasteiger partial charge on any atom is -0.497 e. The van der Waals surface area contributed by atoms with Gasteiger partial charge in [-0.2, -0.15) is 4.52 Å². The highest BCUT2D eigenvalue weighted by Crippen LogP contribution is 2.32. The van der Waals surface area contributed by atoms with Crippen molar-refractivity contribution in [3.05, 3.63) is 54.6 Å². The Balaban J connectivity index is 1.33. The number of hydrogen-bond acceptors (Lipinski definition) is 9. The Bertz CT molecular complexity index is 1310. The molecule has 0 saturated heterocycles. The summed E-state index contributed by atoms with van der Waals surface area (Å²) < 4.78 is 28.6. The largest absolute Gasteiger partial charge is 0.497 e. The number of methoxy groups -OCH3 is 3. The van der Waals surface area contributed by atoms with Crippen LogP contribution >= 0.6 is 0 Å². The summed E-state index contributed by atoms with van der Waals surface area (Å²) in [6.07, 6.45) is 0. The van der Waals surface area contributed by atoms with Crippen LogP contribution in [0.4, 0.5) is 0 Å². The standard InChI is InChI=1S/C24H25N5O6/c1-31-16-5-4-6-18(13-16)35-15-22(30)25-11-12-34-23-10-9-21-26-27-24(29(21)28-23)19-8-7-17(32-2)14-20(19)33-3/h4-10,13-14H,11-12,15H2,1-3H3,(H,25,30). The third-order valence-electron chi connectivity index (χ3n) is 4.97. The summed E-state index contributed by atoms with van der Waals surface area (Å²) in [4.78, 5) is 12.0. The second-order valence-corrected chi connectivity index (χ2v) is 7.20. The van der Waals surface area contributed by atoms with Gasteiger partial charge in [-0.15, -0.1) is 15.3 Å². The van der Waals surface area contributed by atoms with Gasteiger partial charge in [-0.05, 0) is 30.3 Å². The van der Waals surface area contributed by atoms with Crippen molar-refractivity contribution >= 4 is 11.6 Å². The molecule has 0 aliphatic carbocycles. The zero-order valence-corrected chi connectivity index (χ0v) is 19.6. The average Bonchev–Trinajstić information content (AvgIpc) is 3.32. The first kappa shape index (κ1) is 23.6. The van der Waals surface area contributed by atoms with Crippen molar-refractivity contribution in [1.82, 2.24) is 25.1 Å². The maximum atomic E-state index is 12.0. The predicted octanol–water partition coefficient (Wildman–Crippen LogP) is 2.39. The molecular weight excluding hydrogens is 454 g/mol. The second-order valence-electron chi connectivity index (χ2n) is 7.20. The molecule has 182 valence electrons. The number of carbonyl (C=O) groups is 1. The molecule has 0 spiro atoms. The van der Waals surface area contributed by atoms with Crippen LogP contribution < -0.4 is 29.0 Å². The molecular formula is C24H25N5O6. The fourth-order valence-corrected chi connectivity index (χ4v) is 3.24. The maximum absolute atomic E-state index is 12.0. The highest BCUT2D eigenvalue weighted by molar-refractivity contribution is 5.77. The van der Waals surface area contributed by atoms with Gasteiger partial charge in [0, 0.05) is 18.2 Å². The van der Waals surface area contributed by atoms with E-state index in [1.54, 1.807) is 74.4 Å². The number of rotatable bonds is 11. The molecule has 0 aliphatic rings. The number of nitrogens with one attached hydrogen (secondary N) is 1. The first-order chi connectivity index (χ1) is 17.1. The minimum absolute atomic E-state index is 0.120. The average molecular weight is 479 g/mol. The van der Waals surface area contributed by atoms with Crippen molar-refractivity contribution in [2.45, 2.75) is 0 Å². The lowest BCUT2D eigenvalue weighted by molar-refractivity contribution is -0.123. The molecule has 0 fully saturated rings. The molecule has 0 radical (unpaired) electrons. The molecule has 4 aromatic rings. The van der Waals surface area contributed by atoms with Gasteiger partial charge in [-0.25, -0.2) is 0 Å². The smallest absolute Gasteiger partial charge is 0.258 e. The third kappa shape index (κ3) is 5.69. The van der Waals surface area contributed by atoms with Gasteiger partial charge in [0.05, 0.1) is 33.4 Å². The van der Waals surface area contributed by atoms with Crippen molar-refractivity contribution in [3.8, 4) is 40.3 Å². The van der Waals surface area contributed by atoms with Gasteiger partial charge in [0.25, 0.3) is 5.91 Å². The lowest BCUT2D eigenvalue weighted by Gasteiger charge is -2.10. The molecule has 0 atom stereocenters. The Morgan fingerprint density at radius 3 is 2.49 bits per heavy atom. The fraction of sp³-hybridized carbons (Fsp3) is 0.250. The molecule has 2 aromatic heterocycles. The molecule has 35 heavy (non-hydrogen) atoms. The summed E-state index contributed by atoms with van der Waals surface area (Å²) in [6, 6.07) is 15.9. The van der Waals surface area contributed by atoms with Crippen LogP contribution in [0.1, 0.15) is 0 Å². The van der Waals surface area contributed by atoms with Crippen molar-refractivity contribution in [3.63, 3.8) is 0 Å². The van der Waals surface area contributed by atoms with Crippen LogP contribution in [0, 0.1) is 0 Å². The molecule has 0 bridgehead atoms. The zero-order valence-electron chi connectivity index (χ0n) is 19.6. The molecule has 2 heterocycles. The second kappa shape index (κ2) is 11.1. The van der Waals surface area contributed by atoms with Crippen LogP contribution in [0.3, 0.4) is 0 Å². The van der Waals surface area contributed by atoms with Crippen molar-refractivity contribution in [2.75, 3.05) is 41.1 Å². The Kier molecular flexibility index (Phi) is 7.46. The van der Waals surface area contributed by atoms with E-state index in [0.717, 1.165) is 0 Å². The van der Waals surface area contributed by atoms with E-state index < -0.39 is 0 Å². The molecule has 0 unspecified atom stereocenters. The van der Waals surface area contributed by atoms with E-state index in [1.165, 1.54) is 0 Å². The normalized spacial score (nSPS) is 10.6. The van der Waals surface area contributed by atoms with Crippen molar-refractivity contribution in [1.29, 1.82) is 0 Å². The molecule has 0 saturated carbocycles. The summed E-state index contributed by atoms with van der Waals surface area (Å²) in [5.41, 5.74) is 1.25. The summed E-state index contributed by atoms with van der Waals surface area (Å²) in [7, 11) is 4.72. The SMILES string of the molecule is COc1cccc(OCC(=O)NCCOc2ccc3nnc(-c4ccc(OC)cc4OC)n3n2)c1. The van der Waals surface area contributed by atoms with Crippen LogP contribution in [0.25, 0.3) is 17.0 Å². The number of ether oxygens (including phenoxy) is 5. The number of nitrogens with zero attached hydrogens (tertiary/aromatic N) is 4. The number of benzene rings is 2. The quantitative estimate of drug-likeness (QED) is 0.324. The molecule has 11 nitrogen and oxygen atoms in total. The van der Waals surface area contributed by atoms with Crippen LogP contribution in [-0.2, 0) is 4.79 Å². The Morgan fingerprint density at radius 2 is 1.69 bits per heavy atom. The fourth-order valence-electron chi connectivity index (χ4n) is 3.24. The number of fused-ring (bicyclic) bond motifs is 1. The van der Waals surface area contributed by atoms with Crippen molar-refractivity contribution < 1.29 is 28.5 Å². The third-order valence-corrected chi connectivity index (χ3v) is 4.97. The summed E-state index contributed by atoms with van der Waals surface area (Å²) >= 11 is 0. The summed E-state index contributed by atoms with van der Waals surface area (Å²) in [6.45, 7) is 0.374. The van der Waals surface area contributed by atoms with E-state index in [1.807, 2.05) is 6.07 Å². The molecule has 11 heteroatoms. The van der Waals surface area contributed by atoms with Gasteiger partial charge >= 0.3 is 0 Å². The number of amides is 1. The minimum atomic E-state index is -0.271. The van der Waals surface area contributed by atoms with Crippen LogP contribution in [0.5, 0.6) is 28.9 Å². The molecule has 1 N–H and O–H groups in total. The van der Waals surface area contributed by atoms with Crippen LogP contribution in [-0.4, -0.2) is 66.8 Å². The van der Waals surface area contributed by atoms with E-state index in [4.69, 9.17) is 23.7 Å². The van der Waals surface area contributed by atoms with Crippen LogP contribution in [0.2, 0.25) is 0 Å². The summed E-state index contributed by atoms with van der Waals surface area (Å²) in [5.74, 6) is 3.01. The van der Waals surface area contributed by atoms with Gasteiger partial charge < -0.3 is 29.0 Å². The van der Waals surface area contributed by atoms with E-state index in [9.17, 15) is 4.79 Å². The van der Waals surface area contributed by atoms with E-state index >= 15 is 0 Å². The first-order valence-electron chi connectivity index (χ1n) is 10.7. The topological polar surface area (TPSA) is 118 Å². The molecule has 2 aromatic carbocycles. The molecule has 0 aliphatic heterocycles. The highest BCUT2D eigenvalue weighted by atomic mass is 16.5. The Labute approximate surface area is 201 Å². The van der Waals surface area contributed by atoms with Gasteiger partial charge in [-0.1, -0.05) is 6.07 Å². The molecule has 4 rings (SSSR count). The first-order valence-corrected chi connectivity index (χ1v) is 10.7. The Hall–Kier alpha value is -4.54. The number of hydrogen-bond donors (Lipinski definition) is 1. The lowest BCUT2D eigenvalue weighted by atomic mass is 10.2. The van der Waals surface area contributed by atoms with Crippen molar-refractivity contribution in [2.24, 2.45) is 0 Å². The lowest BCUT2D eigenvalue weighted by Crippen LogP contribution is -2.32. The van der Waals surface area contributed by atoms with E-state index in [-0.39, 0.29) is 25.7 Å². The van der Waals surface area contributed by atoms with Gasteiger partial charge in [0.15, 0.2) is 18.1 Å². The van der Waals surface area contributed by atoms with E-state index in [2.05, 4.69) is 20.6 Å². The number of aromatic nitrogens is 4. The maximum Gasteiger partial charge on any atom is 0.258 e. The number of carbonyl (C=O) groups excluding carboxylic acids is 1. The Morgan fingerprint density at radius 1 is 0.886 bits per heavy atom. The molecule has 1 amide bonds. The van der Waals surface area contributed by atoms with Gasteiger partial charge in [0.2, 0.25) is 5.88 Å². The predicted molar refractivity (Wildman–Crippen MR) is 126 cm³/mol. The van der Waals surface area contributed by atoms with E-state index in [0.29, 0.717) is 45.9 Å². The summed E-state index contributed by atoms with van der Waals surface area (Å²) in [5, 5.41) is 15.6. The zero-order chi connectivity index (χ0) is 24.6. The van der Waals surface area contributed by atoms with Crippen LogP contribution in [0.15, 0.2) is 54.6 Å². The van der Waals surface area contributed by atoms with Gasteiger partial charge in [0.1, 0.15) is 29.6 Å². The highest BCUT2D eigenvalue weighted by Gasteiger charge is 2.16.